The molecule has 1 aromatic heterocycles. The monoisotopic (exact) mass is 448 g/mol. The lowest BCUT2D eigenvalue weighted by atomic mass is 9.93. The minimum absolute atomic E-state index is 0.00536. The number of benzene rings is 1. The summed E-state index contributed by atoms with van der Waals surface area (Å²) in [4.78, 5) is 24.7. The van der Waals surface area contributed by atoms with Crippen molar-refractivity contribution in [2.45, 2.75) is 0 Å². The van der Waals surface area contributed by atoms with E-state index < -0.39 is 37.8 Å². The molecule has 3 N–H and O–H groups in total. The van der Waals surface area contributed by atoms with Gasteiger partial charge in [0.25, 0.3) is 0 Å². The fourth-order valence-corrected chi connectivity index (χ4v) is 3.20. The number of ketones is 1. The number of aliphatic hydroxyl groups is 3. The number of thiophene rings is 1. The van der Waals surface area contributed by atoms with E-state index in [0.29, 0.717) is 4.88 Å². The van der Waals surface area contributed by atoms with Crippen LogP contribution in [0.1, 0.15) is 15.2 Å². The number of aliphatic hydroxyl groups excluding tert-OH is 3. The first kappa shape index (κ1) is 22.6. The summed E-state index contributed by atoms with van der Waals surface area (Å²) in [6.45, 7) is -2.59. The number of esters is 1. The number of halogens is 2. The standard InChI is InChI=1S/C18H18Cl2O7S/c19-15-11(17(25)13-2-1-5-28-13)3-4-12(16(15)20)26-6-14(24)27-10-18(7-21,8-22)9-23/h1-5,21-23H,6-10H2. The molecule has 0 aliphatic carbocycles. The van der Waals surface area contributed by atoms with Crippen LogP contribution in [0.25, 0.3) is 0 Å². The van der Waals surface area contributed by atoms with Gasteiger partial charge in [-0.2, -0.15) is 0 Å². The van der Waals surface area contributed by atoms with Gasteiger partial charge in [-0.1, -0.05) is 29.3 Å². The molecule has 0 aliphatic heterocycles. The van der Waals surface area contributed by atoms with Gasteiger partial charge in [-0.15, -0.1) is 11.3 Å². The Labute approximate surface area is 175 Å². The normalized spacial score (nSPS) is 11.3. The molecule has 2 rings (SSSR count). The second-order valence-electron chi connectivity index (χ2n) is 5.97. The van der Waals surface area contributed by atoms with Crippen molar-refractivity contribution in [3.05, 3.63) is 50.1 Å². The fourth-order valence-electron chi connectivity index (χ4n) is 2.06. The third kappa shape index (κ3) is 5.22. The van der Waals surface area contributed by atoms with E-state index in [-0.39, 0.29) is 33.7 Å². The topological polar surface area (TPSA) is 113 Å². The maximum Gasteiger partial charge on any atom is 0.344 e. The van der Waals surface area contributed by atoms with Gasteiger partial charge in [-0.25, -0.2) is 4.79 Å². The molecule has 1 heterocycles. The summed E-state index contributed by atoms with van der Waals surface area (Å²) in [7, 11) is 0. The lowest BCUT2D eigenvalue weighted by Gasteiger charge is -2.26. The van der Waals surface area contributed by atoms with Gasteiger partial charge >= 0.3 is 5.97 Å². The van der Waals surface area contributed by atoms with Crippen molar-refractivity contribution in [1.82, 2.24) is 0 Å². The molecule has 0 saturated carbocycles. The highest BCUT2D eigenvalue weighted by Crippen LogP contribution is 2.36. The van der Waals surface area contributed by atoms with E-state index >= 15 is 0 Å². The Morgan fingerprint density at radius 2 is 1.71 bits per heavy atom. The number of ether oxygens (including phenoxy) is 2. The van der Waals surface area contributed by atoms with Gasteiger partial charge in [0.05, 0.1) is 35.1 Å². The summed E-state index contributed by atoms with van der Waals surface area (Å²) in [6.07, 6.45) is 0. The van der Waals surface area contributed by atoms with Crippen LogP contribution in [0.3, 0.4) is 0 Å². The Morgan fingerprint density at radius 3 is 2.29 bits per heavy atom. The van der Waals surface area contributed by atoms with Gasteiger partial charge in [0, 0.05) is 5.56 Å². The zero-order chi connectivity index (χ0) is 20.7. The molecule has 2 aromatic rings. The minimum atomic E-state index is -1.33. The van der Waals surface area contributed by atoms with Gasteiger partial charge < -0.3 is 24.8 Å². The third-order valence-electron chi connectivity index (χ3n) is 3.93. The van der Waals surface area contributed by atoms with Gasteiger partial charge in [0.15, 0.2) is 6.61 Å². The lowest BCUT2D eigenvalue weighted by Crippen LogP contribution is -2.40. The number of carbonyl (C=O) groups is 2. The van der Waals surface area contributed by atoms with Crippen molar-refractivity contribution >= 4 is 46.3 Å². The van der Waals surface area contributed by atoms with E-state index in [2.05, 4.69) is 0 Å². The average molecular weight is 449 g/mol. The second kappa shape index (κ2) is 10.2. The molecule has 0 amide bonds. The summed E-state index contributed by atoms with van der Waals surface area (Å²) in [6, 6.07) is 6.28. The highest BCUT2D eigenvalue weighted by atomic mass is 35.5. The van der Waals surface area contributed by atoms with Crippen molar-refractivity contribution in [3.8, 4) is 5.75 Å². The second-order valence-corrected chi connectivity index (χ2v) is 7.67. The Morgan fingerprint density at radius 1 is 1.04 bits per heavy atom. The molecule has 152 valence electrons. The van der Waals surface area contributed by atoms with Crippen LogP contribution in [-0.4, -0.2) is 60.1 Å². The maximum absolute atomic E-state index is 12.4. The van der Waals surface area contributed by atoms with Crippen LogP contribution in [0.4, 0.5) is 0 Å². The van der Waals surface area contributed by atoms with E-state index in [9.17, 15) is 24.9 Å². The molecule has 0 unspecified atom stereocenters. The van der Waals surface area contributed by atoms with E-state index in [1.165, 1.54) is 23.5 Å². The van der Waals surface area contributed by atoms with Crippen molar-refractivity contribution in [2.24, 2.45) is 5.41 Å². The quantitative estimate of drug-likeness (QED) is 0.376. The van der Waals surface area contributed by atoms with Crippen LogP contribution in [-0.2, 0) is 9.53 Å². The summed E-state index contributed by atoms with van der Waals surface area (Å²) >= 11 is 13.6. The van der Waals surface area contributed by atoms with Gasteiger partial charge in [0.1, 0.15) is 17.4 Å². The zero-order valence-electron chi connectivity index (χ0n) is 14.6. The number of hydrogen-bond acceptors (Lipinski definition) is 8. The summed E-state index contributed by atoms with van der Waals surface area (Å²) in [5.41, 5.74) is -1.12. The molecule has 0 atom stereocenters. The van der Waals surface area contributed by atoms with Gasteiger partial charge in [-0.05, 0) is 23.6 Å². The van der Waals surface area contributed by atoms with E-state index in [4.69, 9.17) is 32.7 Å². The molecule has 0 fully saturated rings. The first-order chi connectivity index (χ1) is 13.4. The summed E-state index contributed by atoms with van der Waals surface area (Å²) < 4.78 is 10.2. The van der Waals surface area contributed by atoms with Crippen LogP contribution in [0.2, 0.25) is 10.0 Å². The van der Waals surface area contributed by atoms with Crippen molar-refractivity contribution < 1.29 is 34.4 Å². The van der Waals surface area contributed by atoms with Crippen LogP contribution >= 0.6 is 34.5 Å². The third-order valence-corrected chi connectivity index (χ3v) is 5.66. The molecular formula is C18H18Cl2O7S. The zero-order valence-corrected chi connectivity index (χ0v) is 16.9. The Kier molecular flexibility index (Phi) is 8.23. The molecule has 7 nitrogen and oxygen atoms in total. The molecule has 0 aliphatic rings. The maximum atomic E-state index is 12.4. The lowest BCUT2D eigenvalue weighted by molar-refractivity contribution is -0.153. The molecule has 10 heteroatoms. The Balaban J connectivity index is 2.00. The predicted octanol–water partition coefficient (Wildman–Crippen LogP) is 2.17. The first-order valence-corrected chi connectivity index (χ1v) is 9.68. The minimum Gasteiger partial charge on any atom is -0.480 e. The molecule has 28 heavy (non-hydrogen) atoms. The van der Waals surface area contributed by atoms with E-state index in [1.54, 1.807) is 17.5 Å². The molecule has 1 aromatic carbocycles. The van der Waals surface area contributed by atoms with Crippen molar-refractivity contribution in [2.75, 3.05) is 33.0 Å². The fraction of sp³-hybridized carbons (Fsp3) is 0.333. The molecule has 0 saturated heterocycles. The molecule has 0 bridgehead atoms. The Bertz CT molecular complexity index is 811. The van der Waals surface area contributed by atoms with Crippen LogP contribution in [0.15, 0.2) is 29.6 Å². The Hall–Kier alpha value is -1.68. The predicted molar refractivity (Wildman–Crippen MR) is 104 cm³/mol. The SMILES string of the molecule is O=C(COc1ccc(C(=O)c2cccs2)c(Cl)c1Cl)OCC(CO)(CO)CO. The highest BCUT2D eigenvalue weighted by molar-refractivity contribution is 7.12. The number of carbonyl (C=O) groups excluding carboxylic acids is 2. The number of hydrogen-bond donors (Lipinski definition) is 3. The molecular weight excluding hydrogens is 431 g/mol. The van der Waals surface area contributed by atoms with Crippen LogP contribution in [0, 0.1) is 5.41 Å². The van der Waals surface area contributed by atoms with E-state index in [0.717, 1.165) is 0 Å². The van der Waals surface area contributed by atoms with Crippen molar-refractivity contribution in [1.29, 1.82) is 0 Å². The summed E-state index contributed by atoms with van der Waals surface area (Å²) in [5.74, 6) is -0.990. The molecule has 0 spiro atoms. The molecule has 0 radical (unpaired) electrons. The highest BCUT2D eigenvalue weighted by Gasteiger charge is 2.30. The van der Waals surface area contributed by atoms with E-state index in [1.807, 2.05) is 0 Å². The largest absolute Gasteiger partial charge is 0.480 e. The van der Waals surface area contributed by atoms with Crippen molar-refractivity contribution in [3.63, 3.8) is 0 Å². The van der Waals surface area contributed by atoms with Crippen LogP contribution < -0.4 is 4.74 Å². The van der Waals surface area contributed by atoms with Gasteiger partial charge in [0.2, 0.25) is 5.78 Å². The smallest absolute Gasteiger partial charge is 0.344 e. The van der Waals surface area contributed by atoms with Gasteiger partial charge in [-0.3, -0.25) is 4.79 Å². The number of rotatable bonds is 10. The first-order valence-electron chi connectivity index (χ1n) is 8.04. The average Bonchev–Trinajstić information content (AvgIpc) is 3.25. The summed E-state index contributed by atoms with van der Waals surface area (Å²) in [5, 5.41) is 29.4. The van der Waals surface area contributed by atoms with Crippen LogP contribution in [0.5, 0.6) is 5.75 Å².